The van der Waals surface area contributed by atoms with Crippen LogP contribution in [0.1, 0.15) is 0 Å². The largest absolute Gasteiger partial charge is 0.497 e. The quantitative estimate of drug-likeness (QED) is 0.493. The zero-order valence-electron chi connectivity index (χ0n) is 16.2. The van der Waals surface area contributed by atoms with Crippen LogP contribution >= 0.6 is 0 Å². The van der Waals surface area contributed by atoms with Gasteiger partial charge in [-0.05, 0) is 48.5 Å². The summed E-state index contributed by atoms with van der Waals surface area (Å²) in [6, 6.07) is 23.8. The van der Waals surface area contributed by atoms with E-state index in [4.69, 9.17) is 14.0 Å². The molecule has 0 fully saturated rings. The van der Waals surface area contributed by atoms with E-state index in [1.54, 1.807) is 55.6 Å². The second-order valence-corrected chi connectivity index (χ2v) is 6.38. The number of hydrogen-bond acceptors (Lipinski definition) is 6. The summed E-state index contributed by atoms with van der Waals surface area (Å²) in [5.74, 6) is 1.97. The molecule has 0 bridgehead atoms. The Morgan fingerprint density at radius 1 is 0.900 bits per heavy atom. The van der Waals surface area contributed by atoms with Crippen molar-refractivity contribution in [2.24, 2.45) is 0 Å². The molecule has 150 valence electrons. The van der Waals surface area contributed by atoms with E-state index < -0.39 is 0 Å². The highest BCUT2D eigenvalue weighted by Gasteiger charge is 2.11. The number of carbonyl (C=O) groups is 1. The first-order valence-corrected chi connectivity index (χ1v) is 9.27. The smallest absolute Gasteiger partial charge is 0.262 e. The van der Waals surface area contributed by atoms with Crippen molar-refractivity contribution in [1.82, 2.24) is 10.1 Å². The summed E-state index contributed by atoms with van der Waals surface area (Å²) < 4.78 is 16.0. The molecule has 0 atom stereocenters. The average Bonchev–Trinajstić information content (AvgIpc) is 3.29. The molecule has 30 heavy (non-hydrogen) atoms. The Balaban J connectivity index is 1.33. The topological polar surface area (TPSA) is 86.5 Å². The van der Waals surface area contributed by atoms with Crippen LogP contribution in [0.15, 0.2) is 83.4 Å². The predicted molar refractivity (Wildman–Crippen MR) is 112 cm³/mol. The summed E-state index contributed by atoms with van der Waals surface area (Å²) in [6.45, 7) is -0.107. The molecule has 0 radical (unpaired) electrons. The number of nitrogens with zero attached hydrogens (tertiary/aromatic N) is 2. The molecule has 4 rings (SSSR count). The van der Waals surface area contributed by atoms with Gasteiger partial charge in [-0.1, -0.05) is 35.5 Å². The van der Waals surface area contributed by atoms with Crippen molar-refractivity contribution < 1.29 is 18.8 Å². The molecule has 0 saturated carbocycles. The lowest BCUT2D eigenvalue weighted by atomic mass is 10.2. The molecule has 1 heterocycles. The number of ether oxygens (including phenoxy) is 2. The molecular weight excluding hydrogens is 382 g/mol. The molecule has 7 nitrogen and oxygen atoms in total. The highest BCUT2D eigenvalue weighted by Crippen LogP contribution is 2.24. The summed E-state index contributed by atoms with van der Waals surface area (Å²) in [4.78, 5) is 16.5. The SMILES string of the molecule is COc1ccc(NC(=O)COc2ccc(-c3nc(-c4ccccc4)no3)cc2)cc1. The first-order chi connectivity index (χ1) is 14.7. The van der Waals surface area contributed by atoms with Crippen LogP contribution in [0, 0.1) is 0 Å². The van der Waals surface area contributed by atoms with Gasteiger partial charge in [0.1, 0.15) is 11.5 Å². The molecule has 1 aromatic heterocycles. The number of nitrogens with one attached hydrogen (secondary N) is 1. The number of hydrogen-bond donors (Lipinski definition) is 1. The van der Waals surface area contributed by atoms with Gasteiger partial charge >= 0.3 is 0 Å². The van der Waals surface area contributed by atoms with Gasteiger partial charge in [0.05, 0.1) is 7.11 Å². The molecule has 1 N–H and O–H groups in total. The summed E-state index contributed by atoms with van der Waals surface area (Å²) in [6.07, 6.45) is 0. The van der Waals surface area contributed by atoms with Gasteiger partial charge < -0.3 is 19.3 Å². The fraction of sp³-hybridized carbons (Fsp3) is 0.0870. The van der Waals surface area contributed by atoms with E-state index in [1.165, 1.54) is 0 Å². The Bertz CT molecular complexity index is 1110. The zero-order valence-corrected chi connectivity index (χ0v) is 16.2. The van der Waals surface area contributed by atoms with Crippen LogP contribution in [0.2, 0.25) is 0 Å². The van der Waals surface area contributed by atoms with Gasteiger partial charge in [0.2, 0.25) is 5.82 Å². The molecule has 0 aliphatic heterocycles. The molecule has 4 aromatic rings. The lowest BCUT2D eigenvalue weighted by Gasteiger charge is -2.08. The van der Waals surface area contributed by atoms with Crippen LogP contribution in [0.4, 0.5) is 5.69 Å². The summed E-state index contributed by atoms with van der Waals surface area (Å²) in [5, 5.41) is 6.78. The second kappa shape index (κ2) is 8.91. The van der Waals surface area contributed by atoms with Crippen LogP contribution in [0.3, 0.4) is 0 Å². The van der Waals surface area contributed by atoms with E-state index in [0.717, 1.165) is 16.9 Å². The molecule has 3 aromatic carbocycles. The third-order valence-corrected chi connectivity index (χ3v) is 4.30. The third kappa shape index (κ3) is 4.64. The maximum absolute atomic E-state index is 12.1. The van der Waals surface area contributed by atoms with Crippen LogP contribution in [-0.2, 0) is 4.79 Å². The van der Waals surface area contributed by atoms with Crippen molar-refractivity contribution in [2.75, 3.05) is 19.0 Å². The standard InChI is InChI=1S/C23H19N3O4/c1-28-19-13-9-18(10-14-19)24-21(27)15-29-20-11-7-17(8-12-20)23-25-22(26-30-23)16-5-3-2-4-6-16/h2-14H,15H2,1H3,(H,24,27). The van der Waals surface area contributed by atoms with Crippen molar-refractivity contribution in [2.45, 2.75) is 0 Å². The van der Waals surface area contributed by atoms with Crippen molar-refractivity contribution in [3.63, 3.8) is 0 Å². The van der Waals surface area contributed by atoms with Crippen LogP contribution < -0.4 is 14.8 Å². The van der Waals surface area contributed by atoms with Crippen molar-refractivity contribution >= 4 is 11.6 Å². The molecule has 0 aliphatic carbocycles. The fourth-order valence-electron chi connectivity index (χ4n) is 2.76. The number of carbonyl (C=O) groups excluding carboxylic acids is 1. The Morgan fingerprint density at radius 3 is 2.30 bits per heavy atom. The van der Waals surface area contributed by atoms with Crippen molar-refractivity contribution in [3.05, 3.63) is 78.9 Å². The highest BCUT2D eigenvalue weighted by atomic mass is 16.5. The predicted octanol–water partition coefficient (Wildman–Crippen LogP) is 4.43. The van der Waals surface area contributed by atoms with Gasteiger partial charge in [-0.3, -0.25) is 4.79 Å². The Morgan fingerprint density at radius 2 is 1.60 bits per heavy atom. The van der Waals surface area contributed by atoms with Gasteiger partial charge in [0.15, 0.2) is 6.61 Å². The van der Waals surface area contributed by atoms with E-state index in [9.17, 15) is 4.79 Å². The van der Waals surface area contributed by atoms with E-state index in [-0.39, 0.29) is 12.5 Å². The van der Waals surface area contributed by atoms with Crippen LogP contribution in [0.25, 0.3) is 22.8 Å². The minimum absolute atomic E-state index is 0.107. The van der Waals surface area contributed by atoms with Gasteiger partial charge in [0, 0.05) is 16.8 Å². The van der Waals surface area contributed by atoms with Crippen molar-refractivity contribution in [1.29, 1.82) is 0 Å². The molecule has 1 amide bonds. The number of aromatic nitrogens is 2. The minimum atomic E-state index is -0.256. The van der Waals surface area contributed by atoms with Gasteiger partial charge in [-0.25, -0.2) is 0 Å². The molecule has 0 spiro atoms. The lowest BCUT2D eigenvalue weighted by molar-refractivity contribution is -0.118. The summed E-state index contributed by atoms with van der Waals surface area (Å²) >= 11 is 0. The van der Waals surface area contributed by atoms with Crippen molar-refractivity contribution in [3.8, 4) is 34.3 Å². The molecule has 0 saturated heterocycles. The van der Waals surface area contributed by atoms with E-state index in [0.29, 0.717) is 23.2 Å². The number of rotatable bonds is 7. The van der Waals surface area contributed by atoms with Gasteiger partial charge in [-0.2, -0.15) is 4.98 Å². The van der Waals surface area contributed by atoms with Gasteiger partial charge in [0.25, 0.3) is 11.8 Å². The van der Waals surface area contributed by atoms with E-state index in [1.807, 2.05) is 30.3 Å². The van der Waals surface area contributed by atoms with Gasteiger partial charge in [-0.15, -0.1) is 0 Å². The third-order valence-electron chi connectivity index (χ3n) is 4.30. The van der Waals surface area contributed by atoms with Crippen LogP contribution in [0.5, 0.6) is 11.5 Å². The molecule has 0 aliphatic rings. The molecule has 0 unspecified atom stereocenters. The zero-order chi connectivity index (χ0) is 20.8. The summed E-state index contributed by atoms with van der Waals surface area (Å²) in [5.41, 5.74) is 2.32. The molecule has 7 heteroatoms. The summed E-state index contributed by atoms with van der Waals surface area (Å²) in [7, 11) is 1.59. The number of amides is 1. The Kier molecular flexibility index (Phi) is 5.70. The fourth-order valence-corrected chi connectivity index (χ4v) is 2.76. The monoisotopic (exact) mass is 401 g/mol. The first-order valence-electron chi connectivity index (χ1n) is 9.27. The minimum Gasteiger partial charge on any atom is -0.497 e. The molecular formula is C23H19N3O4. The first kappa shape index (κ1) is 19.2. The lowest BCUT2D eigenvalue weighted by Crippen LogP contribution is -2.20. The number of benzene rings is 3. The normalized spacial score (nSPS) is 10.4. The van der Waals surface area contributed by atoms with Crippen LogP contribution in [-0.4, -0.2) is 29.8 Å². The average molecular weight is 401 g/mol. The Labute approximate surface area is 173 Å². The second-order valence-electron chi connectivity index (χ2n) is 6.38. The number of anilines is 1. The maximum atomic E-state index is 12.1. The Hall–Kier alpha value is -4.13. The van der Waals surface area contributed by atoms with E-state index in [2.05, 4.69) is 15.5 Å². The maximum Gasteiger partial charge on any atom is 0.262 e. The number of methoxy groups -OCH3 is 1. The van der Waals surface area contributed by atoms with E-state index >= 15 is 0 Å². The highest BCUT2D eigenvalue weighted by molar-refractivity contribution is 5.91.